The first-order valence-corrected chi connectivity index (χ1v) is 36.8. The van der Waals surface area contributed by atoms with E-state index in [0.717, 1.165) is 106 Å². The number of carbonyl (C=O) groups is 5. The smallest absolute Gasteiger partial charge is 0.459 e. The number of methoxy groups -OCH3 is 2. The summed E-state index contributed by atoms with van der Waals surface area (Å²) in [5, 5.41) is 37.1. The lowest BCUT2D eigenvalue weighted by molar-refractivity contribution is -0.149. The van der Waals surface area contributed by atoms with E-state index in [-0.39, 0.29) is 47.3 Å². The monoisotopic (exact) mass is 1530 g/mol. The summed E-state index contributed by atoms with van der Waals surface area (Å²) in [7, 11) is -1.71. The molecule has 0 bridgehead atoms. The van der Waals surface area contributed by atoms with Crippen LogP contribution in [-0.4, -0.2) is 196 Å². The van der Waals surface area contributed by atoms with E-state index < -0.39 is 128 Å². The fourth-order valence-corrected chi connectivity index (χ4v) is 14.6. The van der Waals surface area contributed by atoms with Crippen LogP contribution in [0, 0.1) is 11.8 Å². The molecule has 8 heterocycles. The minimum Gasteiger partial charge on any atom is -0.462 e. The first-order valence-electron chi connectivity index (χ1n) is 35.3. The number of benzene rings is 3. The number of aliphatic hydroxyl groups excluding tert-OH is 3. The van der Waals surface area contributed by atoms with Crippen LogP contribution in [0.25, 0.3) is 28.0 Å². The molecule has 0 radical (unpaired) electrons. The Hall–Kier alpha value is -9.80. The van der Waals surface area contributed by atoms with Gasteiger partial charge < -0.3 is 74.7 Å². The van der Waals surface area contributed by atoms with Gasteiger partial charge in [0.25, 0.3) is 5.56 Å². The molecule has 4 amide bonds. The van der Waals surface area contributed by atoms with Crippen LogP contribution >= 0.6 is 7.75 Å². The van der Waals surface area contributed by atoms with Gasteiger partial charge in [0, 0.05) is 49.9 Å². The highest BCUT2D eigenvalue weighted by Gasteiger charge is 2.57. The Morgan fingerprint density at radius 2 is 1.24 bits per heavy atom. The number of aromatic nitrogens is 6. The van der Waals surface area contributed by atoms with Crippen molar-refractivity contribution in [2.24, 2.45) is 16.8 Å². The summed E-state index contributed by atoms with van der Waals surface area (Å²) >= 11 is 0. The number of alkyl carbamates (subject to hydrolysis) is 2. The molecule has 4 fully saturated rings. The minimum absolute atomic E-state index is 0.00839. The number of nitrogen functional groups attached to an aromatic ring is 1. The van der Waals surface area contributed by atoms with Crippen LogP contribution in [0.15, 0.2) is 135 Å². The summed E-state index contributed by atoms with van der Waals surface area (Å²) in [6.07, 6.45) is -0.423. The van der Waals surface area contributed by atoms with E-state index in [1.165, 1.54) is 45.5 Å². The van der Waals surface area contributed by atoms with Crippen LogP contribution in [0.5, 0.6) is 5.75 Å². The van der Waals surface area contributed by atoms with Crippen LogP contribution in [0.3, 0.4) is 0 Å². The summed E-state index contributed by atoms with van der Waals surface area (Å²) in [5.41, 5.74) is 5.39. The van der Waals surface area contributed by atoms with Gasteiger partial charge in [0.15, 0.2) is 23.8 Å². The van der Waals surface area contributed by atoms with Gasteiger partial charge in [0.2, 0.25) is 11.8 Å². The number of imidazole rings is 1. The Morgan fingerprint density at radius 1 is 0.713 bits per heavy atom. The molecule has 5 aliphatic rings. The molecule has 0 saturated carbocycles. The van der Waals surface area contributed by atoms with Crippen molar-refractivity contribution in [2.75, 3.05) is 46.3 Å². The van der Waals surface area contributed by atoms with Crippen molar-refractivity contribution in [2.45, 2.75) is 179 Å². The predicted molar refractivity (Wildman–Crippen MR) is 391 cm³/mol. The number of nitrogens with one attached hydrogen (secondary N) is 5. The number of anilines is 1. The van der Waals surface area contributed by atoms with Crippen molar-refractivity contribution < 1.29 is 85.4 Å². The molecule has 10 N–H and O–H groups in total. The molecule has 108 heavy (non-hydrogen) atoms. The lowest BCUT2D eigenvalue weighted by Crippen LogP contribution is -2.53. The number of aliphatic hydroxyl groups is 3. The van der Waals surface area contributed by atoms with Gasteiger partial charge in [-0.15, -0.1) is 0 Å². The zero-order valence-corrected chi connectivity index (χ0v) is 62.6. The SMILES string of the molecule is CC(C)OC(=O)[C@H](C)NP(=O)(OC[C@H]1O[C@@H](n2ccc(=O)[nH]c2=O)[C@@](C)(F)C1O)Oc1ccccc1.COC(=O)N[C@H](C(=O)N1CCCC1C1=NC=C(c2ccc(-c3ccc(-c4cnc(C5CCCN5C(=O)[C@@H](NC(=O)OC)C(C)C)[nH]4)cc3)cc2)C1)C(C)C.C[C@@]1(F)[C@H](O)[C@@H](CO)O[C@H]1n1ccc(N)nc1=O. The zero-order valence-electron chi connectivity index (χ0n) is 61.7. The summed E-state index contributed by atoms with van der Waals surface area (Å²) in [6, 6.07) is 24.3. The number of hydrogen-bond donors (Lipinski definition) is 9. The number of H-pyrrole nitrogens is 2. The molecule has 11 rings (SSSR count). The van der Waals surface area contributed by atoms with E-state index in [9.17, 15) is 57.5 Å². The highest BCUT2D eigenvalue weighted by atomic mass is 31.2. The number of nitrogens with two attached hydrogens (primary N) is 1. The molecule has 3 aromatic carbocycles. The number of aliphatic imine (C=N–C) groups is 1. The van der Waals surface area contributed by atoms with Crippen LogP contribution in [0.4, 0.5) is 24.2 Å². The summed E-state index contributed by atoms with van der Waals surface area (Å²) in [6.45, 7) is 14.5. The quantitative estimate of drug-likeness (QED) is 0.0181. The number of ether oxygens (including phenoxy) is 5. The topological polar surface area (TPSA) is 427 Å². The Bertz CT molecular complexity index is 4440. The second-order valence-corrected chi connectivity index (χ2v) is 29.6. The third kappa shape index (κ3) is 19.4. The van der Waals surface area contributed by atoms with Crippen LogP contribution in [-0.2, 0) is 47.2 Å². The van der Waals surface area contributed by atoms with Crippen LogP contribution in [0.2, 0.25) is 0 Å². The lowest BCUT2D eigenvalue weighted by Gasteiger charge is -2.31. The second kappa shape index (κ2) is 35.5. The first kappa shape index (κ1) is 82.3. The molecule has 3 aromatic heterocycles. The Labute approximate surface area is 621 Å². The fraction of sp³-hybridized carbons (Fsp3) is 0.493. The first-order chi connectivity index (χ1) is 51.2. The highest BCUT2D eigenvalue weighted by molar-refractivity contribution is 7.52. The maximum absolute atomic E-state index is 15.4. The average molecular weight is 1530 g/mol. The molecule has 5 aliphatic heterocycles. The average Bonchev–Trinajstić information content (AvgIpc) is 1.62. The number of amides is 4. The lowest BCUT2D eigenvalue weighted by atomic mass is 9.95. The number of hydrogen-bond acceptors (Lipinski definition) is 23. The highest BCUT2D eigenvalue weighted by Crippen LogP contribution is 2.48. The maximum Gasteiger partial charge on any atom is 0.459 e. The molecule has 4 saturated heterocycles. The fourth-order valence-electron chi connectivity index (χ4n) is 13.1. The molecule has 0 spiro atoms. The van der Waals surface area contributed by atoms with Crippen molar-refractivity contribution in [3.8, 4) is 28.1 Å². The maximum atomic E-state index is 15.4. The zero-order chi connectivity index (χ0) is 78.7. The third-order valence-electron chi connectivity index (χ3n) is 18.9. The Kier molecular flexibility index (Phi) is 27.0. The number of nitrogens with zero attached hydrogens (tertiary/aromatic N) is 7. The van der Waals surface area contributed by atoms with Crippen molar-refractivity contribution in [3.05, 3.63) is 158 Å². The van der Waals surface area contributed by atoms with Gasteiger partial charge >= 0.3 is 37.3 Å². The molecule has 35 heteroatoms. The largest absolute Gasteiger partial charge is 0.462 e. The number of allylic oxidation sites excluding steroid dienone is 1. The molecule has 4 unspecified atom stereocenters. The van der Waals surface area contributed by atoms with Crippen LogP contribution in [0.1, 0.15) is 124 Å². The van der Waals surface area contributed by atoms with Crippen LogP contribution < -0.4 is 42.9 Å². The second-order valence-electron chi connectivity index (χ2n) is 27.9. The van der Waals surface area contributed by atoms with Gasteiger partial charge in [0.05, 0.1) is 57.5 Å². The van der Waals surface area contributed by atoms with Crippen molar-refractivity contribution in [3.63, 3.8) is 0 Å². The minimum atomic E-state index is -4.30. The number of likely N-dealkylation sites (tertiary alicyclic amines) is 2. The van der Waals surface area contributed by atoms with Gasteiger partial charge in [-0.25, -0.2) is 37.5 Å². The van der Waals surface area contributed by atoms with Crippen molar-refractivity contribution in [1.29, 1.82) is 0 Å². The third-order valence-corrected chi connectivity index (χ3v) is 20.6. The van der Waals surface area contributed by atoms with Gasteiger partial charge in [-0.3, -0.25) is 42.8 Å². The normalized spacial score (nSPS) is 24.5. The van der Waals surface area contributed by atoms with Crippen molar-refractivity contribution in [1.82, 2.24) is 54.6 Å². The van der Waals surface area contributed by atoms with E-state index in [1.807, 2.05) is 48.7 Å². The summed E-state index contributed by atoms with van der Waals surface area (Å²) in [5.74, 6) is -0.246. The Morgan fingerprint density at radius 3 is 1.78 bits per heavy atom. The number of para-hydroxylation sites is 1. The van der Waals surface area contributed by atoms with Crippen molar-refractivity contribution >= 4 is 54.8 Å². The summed E-state index contributed by atoms with van der Waals surface area (Å²) < 4.78 is 81.3. The standard InChI is InChI=1S/C41H51N7O6.C22H29FN3O9P.C10H14FN3O4/c1-24(2)35(45-40(51)53-5)38(49)47-19-7-9-33(47)31-21-30(22-42-31)28-13-11-26(12-14-28)27-15-17-29(18-16-27)32-23-43-37(44-32)34-10-8-20-48(34)39(50)36(25(3)4)46-41(52)54-6;1-13(2)33-19(29)14(3)25-36(31,35-15-8-6-5-7-9-15)32-12-16-18(28)22(4,23)20(34-16)26-11-10-17(27)24-21(26)30;1-10(11)7(16)5(4-15)18-8(10)14-3-2-6(12)13-9(14)17/h11-18,22-25,33-36H,7-10,19-21H2,1-6H3,(H,43,44)(H,45,51)(H,46,52);5-11,13-14,16,18,20,28H,12H2,1-4H3,(H,25,31)(H,24,27,30);2-3,5,7-8,15-16H,4H2,1H3,(H2,12,13,17)/t33?,34?,35-,36-;14-,16+,18?,20+,22-,36?;5-,7-,8-,10-/m001/s1. The molecule has 32 nitrogen and oxygen atoms in total. The van der Waals surface area contributed by atoms with Gasteiger partial charge in [-0.2, -0.15) is 10.1 Å². The number of alkyl halides is 2. The van der Waals surface area contributed by atoms with E-state index in [1.54, 1.807) is 38.2 Å². The predicted octanol–water partition coefficient (Wildman–Crippen LogP) is 6.81. The van der Waals surface area contributed by atoms with E-state index in [4.69, 9.17) is 48.6 Å². The number of rotatable bonds is 23. The van der Waals surface area contributed by atoms with Gasteiger partial charge in [0.1, 0.15) is 59.9 Å². The van der Waals surface area contributed by atoms with Gasteiger partial charge in [-0.1, -0.05) is 94.4 Å². The molecule has 584 valence electrons. The van der Waals surface area contributed by atoms with E-state index in [2.05, 4.69) is 79.2 Å². The van der Waals surface area contributed by atoms with Gasteiger partial charge in [-0.05, 0) is 118 Å². The number of aromatic amines is 2. The molecular formula is C73H94F2N13O19P. The summed E-state index contributed by atoms with van der Waals surface area (Å²) in [4.78, 5) is 120. The number of esters is 1. The number of halogens is 2. The molecular weight excluding hydrogens is 1430 g/mol. The molecule has 6 aromatic rings. The Balaban J connectivity index is 0.000000212. The molecule has 14 atom stereocenters. The number of carbonyl (C=O) groups excluding carboxylic acids is 5. The van der Waals surface area contributed by atoms with E-state index in [0.29, 0.717) is 19.5 Å². The van der Waals surface area contributed by atoms with E-state index >= 15 is 4.39 Å². The molecule has 0 aliphatic carbocycles.